The second-order valence-electron chi connectivity index (χ2n) is 5.48. The van der Waals surface area contributed by atoms with Crippen LogP contribution in [0.2, 0.25) is 5.02 Å². The van der Waals surface area contributed by atoms with Gasteiger partial charge in [0.2, 0.25) is 0 Å². The molecule has 2 unspecified atom stereocenters. The first-order valence-corrected chi connectivity index (χ1v) is 7.66. The highest BCUT2D eigenvalue weighted by molar-refractivity contribution is 6.31. The van der Waals surface area contributed by atoms with Gasteiger partial charge in [0.1, 0.15) is 0 Å². The van der Waals surface area contributed by atoms with Gasteiger partial charge in [-0.3, -0.25) is 0 Å². The molecule has 1 aromatic carbocycles. The summed E-state index contributed by atoms with van der Waals surface area (Å²) >= 11 is 6.48. The summed E-state index contributed by atoms with van der Waals surface area (Å²) in [6.45, 7) is 5.35. The molecular formula is C16H24ClNO2. The maximum Gasteiger partial charge on any atom is 0.165 e. The van der Waals surface area contributed by atoms with Gasteiger partial charge < -0.3 is 14.8 Å². The van der Waals surface area contributed by atoms with Crippen LogP contribution in [0, 0.1) is 5.92 Å². The molecule has 1 aliphatic rings. The van der Waals surface area contributed by atoms with Crippen LogP contribution in [0.15, 0.2) is 6.07 Å². The lowest BCUT2D eigenvalue weighted by atomic mass is 9.95. The van der Waals surface area contributed by atoms with Crippen LogP contribution >= 0.6 is 11.6 Å². The molecule has 2 atom stereocenters. The predicted octanol–water partition coefficient (Wildman–Crippen LogP) is 3.98. The maximum atomic E-state index is 6.48. The van der Waals surface area contributed by atoms with Crippen molar-refractivity contribution in [2.45, 2.75) is 39.2 Å². The molecule has 0 radical (unpaired) electrons. The number of nitrogens with one attached hydrogen (secondary N) is 1. The van der Waals surface area contributed by atoms with Gasteiger partial charge >= 0.3 is 0 Å². The van der Waals surface area contributed by atoms with Crippen LogP contribution in [-0.4, -0.2) is 20.8 Å². The van der Waals surface area contributed by atoms with E-state index in [0.717, 1.165) is 36.6 Å². The van der Waals surface area contributed by atoms with Crippen molar-refractivity contribution in [1.82, 2.24) is 5.32 Å². The Labute approximate surface area is 126 Å². The van der Waals surface area contributed by atoms with Crippen molar-refractivity contribution in [3.8, 4) is 11.5 Å². The van der Waals surface area contributed by atoms with Crippen molar-refractivity contribution < 1.29 is 9.47 Å². The summed E-state index contributed by atoms with van der Waals surface area (Å²) in [5.41, 5.74) is 2.39. The molecule has 0 amide bonds. The Balaban J connectivity index is 2.60. The molecule has 0 saturated heterocycles. The number of hydrogen-bond acceptors (Lipinski definition) is 3. The number of halogens is 1. The Kier molecular flexibility index (Phi) is 5.17. The average molecular weight is 298 g/mol. The van der Waals surface area contributed by atoms with Crippen molar-refractivity contribution in [3.63, 3.8) is 0 Å². The van der Waals surface area contributed by atoms with Crippen LogP contribution in [0.5, 0.6) is 11.5 Å². The van der Waals surface area contributed by atoms with E-state index in [2.05, 4.69) is 19.2 Å². The quantitative estimate of drug-likeness (QED) is 0.853. The summed E-state index contributed by atoms with van der Waals surface area (Å²) in [4.78, 5) is 0. The Morgan fingerprint density at radius 1 is 1.35 bits per heavy atom. The number of rotatable bonds is 4. The molecule has 2 rings (SSSR count). The van der Waals surface area contributed by atoms with E-state index in [-0.39, 0.29) is 6.04 Å². The Hall–Kier alpha value is -0.930. The molecule has 20 heavy (non-hydrogen) atoms. The normalized spacial score (nSPS) is 22.1. The van der Waals surface area contributed by atoms with Gasteiger partial charge in [-0.1, -0.05) is 25.4 Å². The molecule has 112 valence electrons. The third kappa shape index (κ3) is 2.89. The fourth-order valence-corrected chi connectivity index (χ4v) is 3.41. The Morgan fingerprint density at radius 2 is 2.10 bits per heavy atom. The number of fused-ring (bicyclic) bond motifs is 1. The number of methoxy groups -OCH3 is 2. The number of benzene rings is 1. The Morgan fingerprint density at radius 3 is 2.70 bits per heavy atom. The number of ether oxygens (including phenoxy) is 2. The van der Waals surface area contributed by atoms with Crippen molar-refractivity contribution in [2.24, 2.45) is 5.92 Å². The van der Waals surface area contributed by atoms with E-state index in [1.165, 1.54) is 11.1 Å². The fourth-order valence-electron chi connectivity index (χ4n) is 3.11. The third-order valence-corrected chi connectivity index (χ3v) is 4.43. The maximum absolute atomic E-state index is 6.48. The smallest absolute Gasteiger partial charge is 0.165 e. The lowest BCUT2D eigenvalue weighted by Crippen LogP contribution is -2.23. The summed E-state index contributed by atoms with van der Waals surface area (Å²) in [6, 6.07) is 2.15. The molecular weight excluding hydrogens is 274 g/mol. The average Bonchev–Trinajstić information content (AvgIpc) is 2.59. The molecule has 0 saturated carbocycles. The summed E-state index contributed by atoms with van der Waals surface area (Å²) < 4.78 is 11.1. The first-order valence-electron chi connectivity index (χ1n) is 7.28. The first kappa shape index (κ1) is 15.5. The van der Waals surface area contributed by atoms with Crippen LogP contribution in [0.25, 0.3) is 0 Å². The summed E-state index contributed by atoms with van der Waals surface area (Å²) in [6.07, 6.45) is 3.25. The van der Waals surface area contributed by atoms with Gasteiger partial charge in [-0.15, -0.1) is 0 Å². The minimum atomic E-state index is 0.273. The van der Waals surface area contributed by atoms with Crippen LogP contribution in [0.4, 0.5) is 0 Å². The minimum Gasteiger partial charge on any atom is -0.493 e. The topological polar surface area (TPSA) is 30.5 Å². The SMILES string of the molecule is CCNC1CC(C)CCc2c(Cl)cc(OC)c(OC)c21. The fraction of sp³-hybridized carbons (Fsp3) is 0.625. The molecule has 0 aliphatic heterocycles. The lowest BCUT2D eigenvalue weighted by Gasteiger charge is -2.24. The predicted molar refractivity (Wildman–Crippen MR) is 83.1 cm³/mol. The van der Waals surface area contributed by atoms with Crippen LogP contribution in [-0.2, 0) is 6.42 Å². The molecule has 1 N–H and O–H groups in total. The third-order valence-electron chi connectivity index (χ3n) is 4.09. The zero-order valence-electron chi connectivity index (χ0n) is 12.8. The van der Waals surface area contributed by atoms with Crippen molar-refractivity contribution in [3.05, 3.63) is 22.2 Å². The second-order valence-corrected chi connectivity index (χ2v) is 5.88. The highest BCUT2D eigenvalue weighted by Gasteiger charge is 2.29. The van der Waals surface area contributed by atoms with E-state index in [9.17, 15) is 0 Å². The zero-order valence-corrected chi connectivity index (χ0v) is 13.5. The standard InChI is InChI=1S/C16H24ClNO2/c1-5-18-13-8-10(2)6-7-11-12(17)9-14(19-3)16(20-4)15(11)13/h9-10,13,18H,5-8H2,1-4H3. The van der Waals surface area contributed by atoms with Gasteiger partial charge in [0, 0.05) is 22.7 Å². The zero-order chi connectivity index (χ0) is 14.7. The van der Waals surface area contributed by atoms with Gasteiger partial charge in [-0.2, -0.15) is 0 Å². The van der Waals surface area contributed by atoms with Crippen LogP contribution in [0.1, 0.15) is 43.9 Å². The summed E-state index contributed by atoms with van der Waals surface area (Å²) in [7, 11) is 3.35. The van der Waals surface area contributed by atoms with E-state index in [4.69, 9.17) is 21.1 Å². The van der Waals surface area contributed by atoms with E-state index in [1.807, 2.05) is 6.07 Å². The molecule has 0 spiro atoms. The van der Waals surface area contributed by atoms with Gasteiger partial charge in [0.05, 0.1) is 14.2 Å². The molecule has 4 heteroatoms. The molecule has 1 aliphatic carbocycles. The van der Waals surface area contributed by atoms with Crippen molar-refractivity contribution in [2.75, 3.05) is 20.8 Å². The highest BCUT2D eigenvalue weighted by atomic mass is 35.5. The van der Waals surface area contributed by atoms with E-state index < -0.39 is 0 Å². The van der Waals surface area contributed by atoms with E-state index in [0.29, 0.717) is 11.7 Å². The van der Waals surface area contributed by atoms with E-state index >= 15 is 0 Å². The van der Waals surface area contributed by atoms with Gasteiger partial charge in [0.25, 0.3) is 0 Å². The molecule has 0 bridgehead atoms. The van der Waals surface area contributed by atoms with Gasteiger partial charge in [0.15, 0.2) is 11.5 Å². The lowest BCUT2D eigenvalue weighted by molar-refractivity contribution is 0.341. The largest absolute Gasteiger partial charge is 0.493 e. The molecule has 1 aromatic rings. The first-order chi connectivity index (χ1) is 9.62. The van der Waals surface area contributed by atoms with Gasteiger partial charge in [-0.25, -0.2) is 0 Å². The minimum absolute atomic E-state index is 0.273. The molecule has 3 nitrogen and oxygen atoms in total. The second kappa shape index (κ2) is 6.68. The number of hydrogen-bond donors (Lipinski definition) is 1. The van der Waals surface area contributed by atoms with Crippen LogP contribution in [0.3, 0.4) is 0 Å². The Bertz CT molecular complexity index is 476. The van der Waals surface area contributed by atoms with Crippen LogP contribution < -0.4 is 14.8 Å². The van der Waals surface area contributed by atoms with Crippen molar-refractivity contribution in [1.29, 1.82) is 0 Å². The molecule has 0 fully saturated rings. The summed E-state index contributed by atoms with van der Waals surface area (Å²) in [5.74, 6) is 2.21. The molecule has 0 heterocycles. The highest BCUT2D eigenvalue weighted by Crippen LogP contribution is 2.45. The van der Waals surface area contributed by atoms with Crippen molar-refractivity contribution >= 4 is 11.6 Å². The van der Waals surface area contributed by atoms with E-state index in [1.54, 1.807) is 14.2 Å². The van der Waals surface area contributed by atoms with Gasteiger partial charge in [-0.05, 0) is 37.3 Å². The summed E-state index contributed by atoms with van der Waals surface area (Å²) in [5, 5.41) is 4.36. The monoisotopic (exact) mass is 297 g/mol. The molecule has 0 aromatic heterocycles.